The molecule has 6 heteroatoms. The summed E-state index contributed by atoms with van der Waals surface area (Å²) >= 11 is 0. The number of amides is 1. The molecule has 1 unspecified atom stereocenters. The van der Waals surface area contributed by atoms with Crippen LogP contribution in [-0.2, 0) is 9.53 Å². The van der Waals surface area contributed by atoms with Crippen molar-refractivity contribution in [1.29, 1.82) is 0 Å². The monoisotopic (exact) mass is 274 g/mol. The maximum absolute atomic E-state index is 11.7. The van der Waals surface area contributed by atoms with E-state index in [2.05, 4.69) is 5.32 Å². The molecule has 1 amide bonds. The number of nitrogens with two attached hydrogens (primary N) is 1. The Balaban J connectivity index is 0.00000289. The van der Waals surface area contributed by atoms with Gasteiger partial charge in [-0.3, -0.25) is 4.79 Å². The van der Waals surface area contributed by atoms with E-state index in [1.165, 1.54) is 0 Å². The molecule has 0 aliphatic rings. The SMILES string of the molecule is CCOC(C)C(=O)Nc1ccc(OC)c(N)c1.Cl. The van der Waals surface area contributed by atoms with Crippen molar-refractivity contribution in [1.82, 2.24) is 0 Å². The van der Waals surface area contributed by atoms with Gasteiger partial charge in [-0.2, -0.15) is 0 Å². The average Bonchev–Trinajstić information content (AvgIpc) is 2.29. The number of anilines is 2. The van der Waals surface area contributed by atoms with Crippen LogP contribution in [0.3, 0.4) is 0 Å². The number of nitrogen functional groups attached to an aromatic ring is 1. The van der Waals surface area contributed by atoms with Gasteiger partial charge in [0.05, 0.1) is 12.8 Å². The van der Waals surface area contributed by atoms with E-state index in [1.54, 1.807) is 32.2 Å². The first-order chi connectivity index (χ1) is 8.08. The van der Waals surface area contributed by atoms with Crippen molar-refractivity contribution >= 4 is 29.7 Å². The van der Waals surface area contributed by atoms with Crippen molar-refractivity contribution < 1.29 is 14.3 Å². The van der Waals surface area contributed by atoms with Crippen LogP contribution in [0, 0.1) is 0 Å². The predicted octanol–water partition coefficient (Wildman–Crippen LogP) is 2.06. The van der Waals surface area contributed by atoms with Crippen LogP contribution in [0.25, 0.3) is 0 Å². The van der Waals surface area contributed by atoms with Crippen LogP contribution in [-0.4, -0.2) is 25.7 Å². The summed E-state index contributed by atoms with van der Waals surface area (Å²) in [5.41, 5.74) is 6.84. The van der Waals surface area contributed by atoms with Gasteiger partial charge in [0.1, 0.15) is 11.9 Å². The fourth-order valence-electron chi connectivity index (χ4n) is 1.38. The quantitative estimate of drug-likeness (QED) is 0.806. The summed E-state index contributed by atoms with van der Waals surface area (Å²) in [6.07, 6.45) is -0.483. The topological polar surface area (TPSA) is 73.6 Å². The van der Waals surface area contributed by atoms with Gasteiger partial charge < -0.3 is 20.5 Å². The molecule has 102 valence electrons. The highest BCUT2D eigenvalue weighted by molar-refractivity contribution is 5.94. The Hall–Kier alpha value is -1.46. The number of carbonyl (C=O) groups excluding carboxylic acids is 1. The molecule has 0 bridgehead atoms. The Kier molecular flexibility index (Phi) is 7.16. The van der Waals surface area contributed by atoms with Gasteiger partial charge in [-0.1, -0.05) is 0 Å². The summed E-state index contributed by atoms with van der Waals surface area (Å²) in [6.45, 7) is 4.04. The second-order valence-corrected chi connectivity index (χ2v) is 3.54. The number of carbonyl (C=O) groups is 1. The fraction of sp³-hybridized carbons (Fsp3) is 0.417. The van der Waals surface area contributed by atoms with E-state index in [0.717, 1.165) is 0 Å². The zero-order valence-corrected chi connectivity index (χ0v) is 11.5. The number of hydrogen-bond donors (Lipinski definition) is 2. The van der Waals surface area contributed by atoms with E-state index < -0.39 is 6.10 Å². The molecule has 0 heterocycles. The third kappa shape index (κ3) is 4.43. The number of nitrogens with one attached hydrogen (secondary N) is 1. The lowest BCUT2D eigenvalue weighted by atomic mass is 10.2. The average molecular weight is 275 g/mol. The first-order valence-corrected chi connectivity index (χ1v) is 5.44. The Labute approximate surface area is 113 Å². The largest absolute Gasteiger partial charge is 0.495 e. The lowest BCUT2D eigenvalue weighted by molar-refractivity contribution is -0.126. The summed E-state index contributed by atoms with van der Waals surface area (Å²) in [5.74, 6) is 0.386. The van der Waals surface area contributed by atoms with E-state index in [0.29, 0.717) is 23.7 Å². The highest BCUT2D eigenvalue weighted by Crippen LogP contribution is 2.24. The molecule has 1 aromatic rings. The van der Waals surface area contributed by atoms with Gasteiger partial charge in [0, 0.05) is 12.3 Å². The second-order valence-electron chi connectivity index (χ2n) is 3.54. The van der Waals surface area contributed by atoms with Crippen LogP contribution in [0.5, 0.6) is 5.75 Å². The minimum absolute atomic E-state index is 0. The molecular weight excluding hydrogens is 256 g/mol. The van der Waals surface area contributed by atoms with Gasteiger partial charge in [0.25, 0.3) is 5.91 Å². The Bertz CT molecular complexity index is 399. The fourth-order valence-corrected chi connectivity index (χ4v) is 1.38. The van der Waals surface area contributed by atoms with E-state index >= 15 is 0 Å². The highest BCUT2D eigenvalue weighted by atomic mass is 35.5. The van der Waals surface area contributed by atoms with Gasteiger partial charge in [-0.15, -0.1) is 12.4 Å². The van der Waals surface area contributed by atoms with Gasteiger partial charge >= 0.3 is 0 Å². The molecule has 18 heavy (non-hydrogen) atoms. The molecule has 0 fully saturated rings. The van der Waals surface area contributed by atoms with Crippen molar-refractivity contribution in [3.05, 3.63) is 18.2 Å². The first kappa shape index (κ1) is 16.5. The number of benzene rings is 1. The molecule has 1 atom stereocenters. The smallest absolute Gasteiger partial charge is 0.253 e. The highest BCUT2D eigenvalue weighted by Gasteiger charge is 2.13. The summed E-state index contributed by atoms with van der Waals surface area (Å²) in [7, 11) is 1.54. The minimum Gasteiger partial charge on any atom is -0.495 e. The molecular formula is C12H19ClN2O3. The third-order valence-electron chi connectivity index (χ3n) is 2.28. The van der Waals surface area contributed by atoms with Crippen LogP contribution in [0.2, 0.25) is 0 Å². The van der Waals surface area contributed by atoms with E-state index in [4.69, 9.17) is 15.2 Å². The normalized spacial score (nSPS) is 11.3. The van der Waals surface area contributed by atoms with E-state index in [-0.39, 0.29) is 18.3 Å². The Morgan fingerprint density at radius 3 is 2.67 bits per heavy atom. The van der Waals surface area contributed by atoms with Gasteiger partial charge in [0.2, 0.25) is 0 Å². The second kappa shape index (κ2) is 7.79. The number of hydrogen-bond acceptors (Lipinski definition) is 4. The molecule has 0 saturated heterocycles. The number of ether oxygens (including phenoxy) is 2. The maximum atomic E-state index is 11.7. The summed E-state index contributed by atoms with van der Waals surface area (Å²) in [4.78, 5) is 11.7. The standard InChI is InChI=1S/C12H18N2O3.ClH/c1-4-17-8(2)12(15)14-9-5-6-11(16-3)10(13)7-9;/h5-8H,4,13H2,1-3H3,(H,14,15);1H. The van der Waals surface area contributed by atoms with E-state index in [1.807, 2.05) is 6.92 Å². The Morgan fingerprint density at radius 1 is 1.50 bits per heavy atom. The molecule has 1 rings (SSSR count). The molecule has 5 nitrogen and oxygen atoms in total. The number of rotatable bonds is 5. The van der Waals surface area contributed by atoms with Crippen LogP contribution >= 0.6 is 12.4 Å². The summed E-state index contributed by atoms with van der Waals surface area (Å²) < 4.78 is 10.2. The first-order valence-electron chi connectivity index (χ1n) is 5.44. The molecule has 1 aromatic carbocycles. The van der Waals surface area contributed by atoms with Crippen molar-refractivity contribution in [3.63, 3.8) is 0 Å². The molecule has 0 radical (unpaired) electrons. The van der Waals surface area contributed by atoms with Crippen LogP contribution in [0.4, 0.5) is 11.4 Å². The van der Waals surface area contributed by atoms with Gasteiger partial charge in [-0.05, 0) is 32.0 Å². The zero-order valence-electron chi connectivity index (χ0n) is 10.7. The van der Waals surface area contributed by atoms with Crippen molar-refractivity contribution in [2.75, 3.05) is 24.8 Å². The maximum Gasteiger partial charge on any atom is 0.253 e. The zero-order chi connectivity index (χ0) is 12.8. The van der Waals surface area contributed by atoms with Gasteiger partial charge in [-0.25, -0.2) is 0 Å². The third-order valence-corrected chi connectivity index (χ3v) is 2.28. The summed E-state index contributed by atoms with van der Waals surface area (Å²) in [6, 6.07) is 5.08. The number of halogens is 1. The molecule has 0 spiro atoms. The van der Waals surface area contributed by atoms with Crippen molar-refractivity contribution in [2.45, 2.75) is 20.0 Å². The lowest BCUT2D eigenvalue weighted by Crippen LogP contribution is -2.27. The van der Waals surface area contributed by atoms with Crippen molar-refractivity contribution in [2.24, 2.45) is 0 Å². The summed E-state index contributed by atoms with van der Waals surface area (Å²) in [5, 5.41) is 2.72. The lowest BCUT2D eigenvalue weighted by Gasteiger charge is -2.13. The predicted molar refractivity (Wildman–Crippen MR) is 74.4 cm³/mol. The molecule has 3 N–H and O–H groups in total. The number of methoxy groups -OCH3 is 1. The van der Waals surface area contributed by atoms with Crippen molar-refractivity contribution in [3.8, 4) is 5.75 Å². The van der Waals surface area contributed by atoms with Gasteiger partial charge in [0.15, 0.2) is 0 Å². The Morgan fingerprint density at radius 2 is 2.17 bits per heavy atom. The van der Waals surface area contributed by atoms with E-state index in [9.17, 15) is 4.79 Å². The molecule has 0 aliphatic heterocycles. The minimum atomic E-state index is -0.483. The van der Waals surface area contributed by atoms with Crippen LogP contribution in [0.15, 0.2) is 18.2 Å². The molecule has 0 aromatic heterocycles. The van der Waals surface area contributed by atoms with Crippen LogP contribution < -0.4 is 15.8 Å². The van der Waals surface area contributed by atoms with Crippen LogP contribution in [0.1, 0.15) is 13.8 Å². The molecule has 0 aliphatic carbocycles. The molecule has 0 saturated carbocycles.